The van der Waals surface area contributed by atoms with Crippen LogP contribution in [0.5, 0.6) is 0 Å². The molecule has 0 N–H and O–H groups in total. The number of fused-ring (bicyclic) bond motifs is 1. The maximum atomic E-state index is 12.4. The molecule has 8 nitrogen and oxygen atoms in total. The molecule has 0 aliphatic carbocycles. The molecule has 1 aromatic rings. The third-order valence-corrected chi connectivity index (χ3v) is 4.83. The summed E-state index contributed by atoms with van der Waals surface area (Å²) < 4.78 is 0. The minimum absolute atomic E-state index is 0.0266. The van der Waals surface area contributed by atoms with Crippen LogP contribution in [-0.4, -0.2) is 82.0 Å². The molecule has 122 valence electrons. The summed E-state index contributed by atoms with van der Waals surface area (Å²) in [5.74, 6) is 0.711. The summed E-state index contributed by atoms with van der Waals surface area (Å²) in [6.07, 6.45) is 5.22. The Kier molecular flexibility index (Phi) is 3.60. The molecule has 4 rings (SSSR count). The van der Waals surface area contributed by atoms with Crippen molar-refractivity contribution in [1.82, 2.24) is 24.7 Å². The van der Waals surface area contributed by atoms with Gasteiger partial charge in [0.1, 0.15) is 6.04 Å². The fourth-order valence-electron chi connectivity index (χ4n) is 3.56. The molecule has 0 radical (unpaired) electrons. The lowest BCUT2D eigenvalue weighted by Crippen LogP contribution is -2.51. The van der Waals surface area contributed by atoms with Gasteiger partial charge in [-0.15, -0.1) is 0 Å². The van der Waals surface area contributed by atoms with Crippen molar-refractivity contribution >= 4 is 17.9 Å². The standard InChI is InChI=1S/C15H20N6O2/c22-13-12-3-1-6-20(12)15(23)21(13)11-18-7-9-19(10-8-18)14-16-4-2-5-17-14/h2,4-5,12H,1,3,6-11H2/t12-/m1/s1. The minimum Gasteiger partial charge on any atom is -0.338 e. The van der Waals surface area contributed by atoms with Crippen LogP contribution in [0, 0.1) is 0 Å². The first-order chi connectivity index (χ1) is 11.2. The molecule has 3 aliphatic heterocycles. The Labute approximate surface area is 134 Å². The number of aromatic nitrogens is 2. The Bertz CT molecular complexity index is 579. The van der Waals surface area contributed by atoms with E-state index in [-0.39, 0.29) is 18.0 Å². The normalized spacial score (nSPS) is 25.4. The molecule has 23 heavy (non-hydrogen) atoms. The average molecular weight is 316 g/mol. The number of carbonyl (C=O) groups is 2. The highest BCUT2D eigenvalue weighted by molar-refractivity contribution is 6.04. The van der Waals surface area contributed by atoms with Gasteiger partial charge in [0.2, 0.25) is 5.95 Å². The van der Waals surface area contributed by atoms with E-state index in [0.29, 0.717) is 13.2 Å². The van der Waals surface area contributed by atoms with E-state index in [9.17, 15) is 9.59 Å². The van der Waals surface area contributed by atoms with E-state index in [1.165, 1.54) is 4.90 Å². The highest BCUT2D eigenvalue weighted by Crippen LogP contribution is 2.27. The van der Waals surface area contributed by atoms with Crippen molar-refractivity contribution < 1.29 is 9.59 Å². The Morgan fingerprint density at radius 1 is 1.04 bits per heavy atom. The second-order valence-corrected chi connectivity index (χ2v) is 6.20. The second-order valence-electron chi connectivity index (χ2n) is 6.20. The number of rotatable bonds is 3. The highest BCUT2D eigenvalue weighted by atomic mass is 16.2. The zero-order chi connectivity index (χ0) is 15.8. The lowest BCUT2D eigenvalue weighted by Gasteiger charge is -2.35. The van der Waals surface area contributed by atoms with Crippen LogP contribution in [0.1, 0.15) is 12.8 Å². The molecule has 4 heterocycles. The number of hydrogen-bond donors (Lipinski definition) is 0. The summed E-state index contributed by atoms with van der Waals surface area (Å²) in [6, 6.07) is 1.48. The van der Waals surface area contributed by atoms with Gasteiger partial charge in [0.05, 0.1) is 6.67 Å². The van der Waals surface area contributed by atoms with Gasteiger partial charge < -0.3 is 9.80 Å². The largest absolute Gasteiger partial charge is 0.338 e. The summed E-state index contributed by atoms with van der Waals surface area (Å²) in [6.45, 7) is 4.29. The number of urea groups is 1. The van der Waals surface area contributed by atoms with E-state index in [2.05, 4.69) is 19.8 Å². The van der Waals surface area contributed by atoms with Crippen molar-refractivity contribution in [3.8, 4) is 0 Å². The summed E-state index contributed by atoms with van der Waals surface area (Å²) in [4.78, 5) is 40.6. The summed E-state index contributed by atoms with van der Waals surface area (Å²) in [5, 5.41) is 0. The second kappa shape index (κ2) is 5.77. The fraction of sp³-hybridized carbons (Fsp3) is 0.600. The van der Waals surface area contributed by atoms with Gasteiger partial charge in [-0.25, -0.2) is 19.7 Å². The summed E-state index contributed by atoms with van der Waals surface area (Å²) in [7, 11) is 0. The molecule has 3 fully saturated rings. The quantitative estimate of drug-likeness (QED) is 0.730. The number of amides is 3. The average Bonchev–Trinajstić information content (AvgIpc) is 3.16. The smallest absolute Gasteiger partial charge is 0.328 e. The van der Waals surface area contributed by atoms with Crippen molar-refractivity contribution in [2.45, 2.75) is 18.9 Å². The van der Waals surface area contributed by atoms with Crippen LogP contribution in [0.2, 0.25) is 0 Å². The van der Waals surface area contributed by atoms with Crippen molar-refractivity contribution in [3.05, 3.63) is 18.5 Å². The first-order valence-electron chi connectivity index (χ1n) is 8.10. The van der Waals surface area contributed by atoms with Gasteiger partial charge in [0.15, 0.2) is 0 Å². The number of hydrogen-bond acceptors (Lipinski definition) is 6. The van der Waals surface area contributed by atoms with E-state index in [1.807, 2.05) is 0 Å². The van der Waals surface area contributed by atoms with Crippen LogP contribution >= 0.6 is 0 Å². The van der Waals surface area contributed by atoms with Crippen LogP contribution in [0.15, 0.2) is 18.5 Å². The molecule has 3 amide bonds. The lowest BCUT2D eigenvalue weighted by molar-refractivity contribution is -0.129. The number of imide groups is 1. The Balaban J connectivity index is 1.35. The number of nitrogens with zero attached hydrogens (tertiary/aromatic N) is 6. The van der Waals surface area contributed by atoms with Gasteiger partial charge in [0, 0.05) is 45.1 Å². The Morgan fingerprint density at radius 3 is 2.48 bits per heavy atom. The molecular weight excluding hydrogens is 296 g/mol. The molecule has 0 aromatic carbocycles. The van der Waals surface area contributed by atoms with Gasteiger partial charge in [-0.05, 0) is 18.9 Å². The third-order valence-electron chi connectivity index (χ3n) is 4.83. The van der Waals surface area contributed by atoms with Gasteiger partial charge in [0.25, 0.3) is 5.91 Å². The number of piperazine rings is 1. The third kappa shape index (κ3) is 2.52. The van der Waals surface area contributed by atoms with Crippen LogP contribution in [0.3, 0.4) is 0 Å². The van der Waals surface area contributed by atoms with Crippen molar-refractivity contribution in [3.63, 3.8) is 0 Å². The maximum Gasteiger partial charge on any atom is 0.328 e. The molecule has 1 aromatic heterocycles. The molecule has 8 heteroatoms. The maximum absolute atomic E-state index is 12.4. The molecule has 3 saturated heterocycles. The van der Waals surface area contributed by atoms with Gasteiger partial charge >= 0.3 is 6.03 Å². The lowest BCUT2D eigenvalue weighted by atomic mass is 10.2. The number of carbonyl (C=O) groups excluding carboxylic acids is 2. The van der Waals surface area contributed by atoms with Gasteiger partial charge in [-0.3, -0.25) is 9.69 Å². The van der Waals surface area contributed by atoms with E-state index < -0.39 is 0 Å². The van der Waals surface area contributed by atoms with Crippen molar-refractivity contribution in [1.29, 1.82) is 0 Å². The minimum atomic E-state index is -0.207. The molecule has 0 bridgehead atoms. The van der Waals surface area contributed by atoms with E-state index in [4.69, 9.17) is 0 Å². The zero-order valence-corrected chi connectivity index (χ0v) is 13.0. The zero-order valence-electron chi connectivity index (χ0n) is 13.0. The Morgan fingerprint density at radius 2 is 1.78 bits per heavy atom. The van der Waals surface area contributed by atoms with Crippen molar-refractivity contribution in [2.24, 2.45) is 0 Å². The molecule has 1 atom stereocenters. The van der Waals surface area contributed by atoms with E-state index in [1.54, 1.807) is 23.4 Å². The monoisotopic (exact) mass is 316 g/mol. The van der Waals surface area contributed by atoms with Gasteiger partial charge in [-0.1, -0.05) is 0 Å². The molecule has 0 unspecified atom stereocenters. The fourth-order valence-corrected chi connectivity index (χ4v) is 3.56. The first-order valence-corrected chi connectivity index (χ1v) is 8.10. The predicted molar refractivity (Wildman–Crippen MR) is 82.7 cm³/mol. The van der Waals surface area contributed by atoms with E-state index >= 15 is 0 Å². The van der Waals surface area contributed by atoms with Crippen molar-refractivity contribution in [2.75, 3.05) is 44.3 Å². The SMILES string of the molecule is O=C1[C@H]2CCCN2C(=O)N1CN1CCN(c2ncccn2)CC1. The first kappa shape index (κ1) is 14.4. The molecular formula is C15H20N6O2. The number of anilines is 1. The highest BCUT2D eigenvalue weighted by Gasteiger charge is 2.47. The van der Waals surface area contributed by atoms with Crippen LogP contribution in [0.25, 0.3) is 0 Å². The predicted octanol–water partition coefficient (Wildman–Crippen LogP) is -0.0173. The van der Waals surface area contributed by atoms with E-state index in [0.717, 1.165) is 45.0 Å². The molecule has 3 aliphatic rings. The van der Waals surface area contributed by atoms with Crippen LogP contribution < -0.4 is 4.90 Å². The van der Waals surface area contributed by atoms with Gasteiger partial charge in [-0.2, -0.15) is 0 Å². The Hall–Kier alpha value is -2.22. The van der Waals surface area contributed by atoms with Crippen LogP contribution in [0.4, 0.5) is 10.7 Å². The topological polar surface area (TPSA) is 72.9 Å². The van der Waals surface area contributed by atoms with Crippen LogP contribution in [-0.2, 0) is 4.79 Å². The molecule has 0 spiro atoms. The summed E-state index contributed by atoms with van der Waals surface area (Å²) in [5.41, 5.74) is 0. The molecule has 0 saturated carbocycles. The summed E-state index contributed by atoms with van der Waals surface area (Å²) >= 11 is 0.